The molecule has 0 saturated heterocycles. The van der Waals surface area contributed by atoms with Gasteiger partial charge in [0.15, 0.2) is 0 Å². The number of carbonyl (C=O) groups is 2. The van der Waals surface area contributed by atoms with Crippen molar-refractivity contribution in [3.05, 3.63) is 137 Å². The van der Waals surface area contributed by atoms with Gasteiger partial charge < -0.3 is 10.6 Å². The van der Waals surface area contributed by atoms with Crippen molar-refractivity contribution in [2.75, 3.05) is 10.6 Å². The van der Waals surface area contributed by atoms with Gasteiger partial charge in [-0.05, 0) is 53.9 Å². The van der Waals surface area contributed by atoms with E-state index in [0.29, 0.717) is 6.42 Å². The average molecular weight is 565 g/mol. The van der Waals surface area contributed by atoms with Crippen molar-refractivity contribution in [3.63, 3.8) is 0 Å². The van der Waals surface area contributed by atoms with Crippen LogP contribution in [0.15, 0.2) is 84.9 Å². The molecule has 12 heteroatoms. The fourth-order valence-electron chi connectivity index (χ4n) is 3.80. The number of nitrogens with zero attached hydrogens (tertiary/aromatic N) is 2. The summed E-state index contributed by atoms with van der Waals surface area (Å²) >= 11 is 12.7. The van der Waals surface area contributed by atoms with Crippen LogP contribution in [0.25, 0.3) is 0 Å². The highest BCUT2D eigenvalue weighted by atomic mass is 35.5. The van der Waals surface area contributed by atoms with Gasteiger partial charge in [0.05, 0.1) is 31.3 Å². The molecule has 0 spiro atoms. The number of amides is 2. The Morgan fingerprint density at radius 1 is 0.641 bits per heavy atom. The first-order valence-electron chi connectivity index (χ1n) is 11.3. The lowest BCUT2D eigenvalue weighted by Crippen LogP contribution is -2.14. The molecule has 39 heavy (non-hydrogen) atoms. The van der Waals surface area contributed by atoms with Gasteiger partial charge in [-0.2, -0.15) is 0 Å². The van der Waals surface area contributed by atoms with Gasteiger partial charge in [-0.3, -0.25) is 29.8 Å². The summed E-state index contributed by atoms with van der Waals surface area (Å²) in [6, 6.07) is 21.1. The van der Waals surface area contributed by atoms with E-state index in [-0.39, 0.29) is 43.9 Å². The first kappa shape index (κ1) is 27.2. The van der Waals surface area contributed by atoms with E-state index < -0.39 is 21.7 Å². The predicted molar refractivity (Wildman–Crippen MR) is 148 cm³/mol. The predicted octanol–water partition coefficient (Wildman–Crippen LogP) is 6.91. The van der Waals surface area contributed by atoms with Crippen LogP contribution < -0.4 is 10.6 Å². The fourth-order valence-corrected chi connectivity index (χ4v) is 4.31. The maximum atomic E-state index is 12.6. The number of rotatable bonds is 8. The Labute approximate surface area is 231 Å². The first-order valence-corrected chi connectivity index (χ1v) is 12.1. The van der Waals surface area contributed by atoms with Crippen molar-refractivity contribution in [2.45, 2.75) is 6.42 Å². The maximum absolute atomic E-state index is 12.6. The van der Waals surface area contributed by atoms with E-state index in [2.05, 4.69) is 10.6 Å². The van der Waals surface area contributed by atoms with Gasteiger partial charge in [-0.15, -0.1) is 0 Å². The molecule has 0 heterocycles. The number of hydrogen-bond acceptors (Lipinski definition) is 6. The molecule has 0 aliphatic rings. The second kappa shape index (κ2) is 11.7. The molecule has 4 rings (SSSR count). The molecule has 0 radical (unpaired) electrons. The first-order chi connectivity index (χ1) is 18.6. The molecule has 0 bridgehead atoms. The lowest BCUT2D eigenvalue weighted by Gasteiger charge is -2.11. The van der Waals surface area contributed by atoms with Gasteiger partial charge in [0, 0.05) is 12.1 Å². The van der Waals surface area contributed by atoms with Gasteiger partial charge in [0.1, 0.15) is 11.1 Å². The van der Waals surface area contributed by atoms with Crippen molar-refractivity contribution < 1.29 is 19.4 Å². The van der Waals surface area contributed by atoms with E-state index in [4.69, 9.17) is 23.2 Å². The van der Waals surface area contributed by atoms with Crippen LogP contribution in [0.2, 0.25) is 10.0 Å². The number of nitro groups is 2. The third-order valence-corrected chi connectivity index (χ3v) is 6.29. The SMILES string of the molecule is O=C(Nc1ccc(Cc2ccc(NC(=O)c3ccccc3[N+](=O)[O-])c(Cl)c2)cc1Cl)c1ccccc1[N+](=O)[O-]. The van der Waals surface area contributed by atoms with E-state index in [0.717, 1.165) is 11.1 Å². The lowest BCUT2D eigenvalue weighted by atomic mass is 10.0. The molecule has 4 aromatic rings. The van der Waals surface area contributed by atoms with E-state index >= 15 is 0 Å². The second-order valence-electron chi connectivity index (χ2n) is 8.26. The third-order valence-electron chi connectivity index (χ3n) is 5.66. The zero-order valence-electron chi connectivity index (χ0n) is 19.9. The number of para-hydroxylation sites is 2. The second-order valence-corrected chi connectivity index (χ2v) is 9.08. The zero-order valence-corrected chi connectivity index (χ0v) is 21.4. The van der Waals surface area contributed by atoms with Crippen molar-refractivity contribution in [1.29, 1.82) is 0 Å². The van der Waals surface area contributed by atoms with Crippen molar-refractivity contribution in [3.8, 4) is 0 Å². The summed E-state index contributed by atoms with van der Waals surface area (Å²) in [6.45, 7) is 0. The Balaban J connectivity index is 1.45. The van der Waals surface area contributed by atoms with Crippen LogP contribution in [0.1, 0.15) is 31.8 Å². The van der Waals surface area contributed by atoms with Crippen molar-refractivity contribution in [1.82, 2.24) is 0 Å². The largest absolute Gasteiger partial charge is 0.320 e. The summed E-state index contributed by atoms with van der Waals surface area (Å²) in [7, 11) is 0. The van der Waals surface area contributed by atoms with Crippen LogP contribution in [-0.2, 0) is 6.42 Å². The molecule has 0 atom stereocenters. The summed E-state index contributed by atoms with van der Waals surface area (Å²) < 4.78 is 0. The Morgan fingerprint density at radius 3 is 1.38 bits per heavy atom. The number of benzene rings is 4. The Kier molecular flexibility index (Phi) is 8.18. The zero-order chi connectivity index (χ0) is 28.1. The number of nitrogens with one attached hydrogen (secondary N) is 2. The van der Waals surface area contributed by atoms with Crippen molar-refractivity contribution in [2.24, 2.45) is 0 Å². The fraction of sp³-hybridized carbons (Fsp3) is 0.0370. The molecule has 2 amide bonds. The standard InChI is InChI=1S/C27H18Cl2N4O6/c28-20-14-16(9-11-22(20)30-26(34)18-5-1-3-7-24(18)32(36)37)13-17-10-12-23(21(29)15-17)31-27(35)19-6-2-4-8-25(19)33(38)39/h1-12,14-15H,13H2,(H,30,34)(H,31,35). The lowest BCUT2D eigenvalue weighted by molar-refractivity contribution is -0.385. The van der Waals surface area contributed by atoms with Crippen LogP contribution in [0, 0.1) is 20.2 Å². The smallest absolute Gasteiger partial charge is 0.282 e. The Bertz CT molecular complexity index is 1510. The highest BCUT2D eigenvalue weighted by Crippen LogP contribution is 2.29. The molecule has 10 nitrogen and oxygen atoms in total. The van der Waals surface area contributed by atoms with Crippen LogP contribution >= 0.6 is 23.2 Å². The summed E-state index contributed by atoms with van der Waals surface area (Å²) in [5.74, 6) is -1.33. The summed E-state index contributed by atoms with van der Waals surface area (Å²) in [5.41, 5.74) is 1.33. The molecule has 0 aliphatic heterocycles. The van der Waals surface area contributed by atoms with E-state index in [1.54, 1.807) is 36.4 Å². The van der Waals surface area contributed by atoms with Crippen LogP contribution in [0.4, 0.5) is 22.7 Å². The topological polar surface area (TPSA) is 144 Å². The van der Waals surface area contributed by atoms with Crippen molar-refractivity contribution >= 4 is 57.8 Å². The number of anilines is 2. The van der Waals surface area contributed by atoms with Gasteiger partial charge >= 0.3 is 0 Å². The maximum Gasteiger partial charge on any atom is 0.282 e. The molecular formula is C27H18Cl2N4O6. The number of nitro benzene ring substituents is 2. The number of hydrogen-bond donors (Lipinski definition) is 2. The van der Waals surface area contributed by atoms with E-state index in [9.17, 15) is 29.8 Å². The Morgan fingerprint density at radius 2 is 1.03 bits per heavy atom. The molecule has 0 aromatic heterocycles. The molecule has 2 N–H and O–H groups in total. The minimum absolute atomic E-state index is 0.0914. The van der Waals surface area contributed by atoms with Gasteiger partial charge in [-0.25, -0.2) is 0 Å². The quantitative estimate of drug-likeness (QED) is 0.176. The molecule has 0 aliphatic carbocycles. The molecule has 196 valence electrons. The average Bonchev–Trinajstić information content (AvgIpc) is 2.91. The van der Waals surface area contributed by atoms with Gasteiger partial charge in [-0.1, -0.05) is 59.6 Å². The van der Waals surface area contributed by atoms with Crippen LogP contribution in [0.5, 0.6) is 0 Å². The molecule has 0 fully saturated rings. The number of halogens is 2. The Hall–Kier alpha value is -4.80. The van der Waals surface area contributed by atoms with Crippen LogP contribution in [0.3, 0.4) is 0 Å². The monoisotopic (exact) mass is 564 g/mol. The third kappa shape index (κ3) is 6.38. The highest BCUT2D eigenvalue weighted by Gasteiger charge is 2.21. The molecular weight excluding hydrogens is 547 g/mol. The molecule has 0 saturated carbocycles. The number of carbonyl (C=O) groups excluding carboxylic acids is 2. The van der Waals surface area contributed by atoms with E-state index in [1.807, 2.05) is 0 Å². The summed E-state index contributed by atoms with van der Waals surface area (Å²) in [4.78, 5) is 46.4. The van der Waals surface area contributed by atoms with E-state index in [1.165, 1.54) is 48.5 Å². The molecule has 0 unspecified atom stereocenters. The molecule has 4 aromatic carbocycles. The summed E-state index contributed by atoms with van der Waals surface area (Å²) in [6.07, 6.45) is 0.413. The summed E-state index contributed by atoms with van der Waals surface area (Å²) in [5, 5.41) is 28.1. The minimum atomic E-state index is -0.665. The highest BCUT2D eigenvalue weighted by molar-refractivity contribution is 6.34. The van der Waals surface area contributed by atoms with Gasteiger partial charge in [0.25, 0.3) is 23.2 Å². The van der Waals surface area contributed by atoms with Gasteiger partial charge in [0.2, 0.25) is 0 Å². The normalized spacial score (nSPS) is 10.5. The van der Waals surface area contributed by atoms with Crippen LogP contribution in [-0.4, -0.2) is 21.7 Å². The minimum Gasteiger partial charge on any atom is -0.320 e.